The summed E-state index contributed by atoms with van der Waals surface area (Å²) >= 11 is 0. The molecule has 0 radical (unpaired) electrons. The van der Waals surface area contributed by atoms with E-state index in [1.54, 1.807) is 0 Å². The van der Waals surface area contributed by atoms with Crippen LogP contribution in [0.1, 0.15) is 27.2 Å². The zero-order valence-electron chi connectivity index (χ0n) is 12.8. The molecule has 1 N–H and O–H groups in total. The van der Waals surface area contributed by atoms with Gasteiger partial charge in [-0.25, -0.2) is 0 Å². The van der Waals surface area contributed by atoms with Crippen LogP contribution in [0.3, 0.4) is 0 Å². The van der Waals surface area contributed by atoms with Crippen molar-refractivity contribution in [3.63, 3.8) is 0 Å². The number of methoxy groups -OCH3 is 1. The molecule has 1 heterocycles. The van der Waals surface area contributed by atoms with Gasteiger partial charge < -0.3 is 15.0 Å². The highest BCUT2D eigenvalue weighted by Crippen LogP contribution is 2.19. The summed E-state index contributed by atoms with van der Waals surface area (Å²) in [5.74, 6) is 0.745. The Kier molecular flexibility index (Phi) is 8.81. The second-order valence-corrected chi connectivity index (χ2v) is 5.71. The van der Waals surface area contributed by atoms with E-state index in [2.05, 4.69) is 23.9 Å². The lowest BCUT2D eigenvalue weighted by atomic mass is 9.87. The Morgan fingerprint density at radius 2 is 1.90 bits per heavy atom. The van der Waals surface area contributed by atoms with Gasteiger partial charge in [0.15, 0.2) is 0 Å². The van der Waals surface area contributed by atoms with Crippen molar-refractivity contribution in [3.05, 3.63) is 0 Å². The summed E-state index contributed by atoms with van der Waals surface area (Å²) in [4.78, 5) is 25.5. The van der Waals surface area contributed by atoms with Crippen LogP contribution in [0.5, 0.6) is 0 Å². The number of esters is 1. The fraction of sp³-hybridized carbons (Fsp3) is 0.857. The third-order valence-electron chi connectivity index (χ3n) is 3.62. The molecular weight excluding hydrogens is 280 g/mol. The largest absolute Gasteiger partial charge is 0.469 e. The van der Waals surface area contributed by atoms with Crippen molar-refractivity contribution in [2.75, 3.05) is 33.3 Å². The summed E-state index contributed by atoms with van der Waals surface area (Å²) in [6.07, 6.45) is 0.268. The zero-order valence-corrected chi connectivity index (χ0v) is 13.7. The molecule has 1 rings (SSSR count). The van der Waals surface area contributed by atoms with Gasteiger partial charge in [0.1, 0.15) is 0 Å². The number of hydrogen-bond donors (Lipinski definition) is 1. The van der Waals surface area contributed by atoms with Crippen LogP contribution in [-0.2, 0) is 14.3 Å². The molecule has 0 aliphatic carbocycles. The van der Waals surface area contributed by atoms with Gasteiger partial charge in [-0.2, -0.15) is 0 Å². The molecule has 118 valence electrons. The van der Waals surface area contributed by atoms with Gasteiger partial charge in [-0.15, -0.1) is 12.4 Å². The fourth-order valence-corrected chi connectivity index (χ4v) is 2.21. The lowest BCUT2D eigenvalue weighted by Gasteiger charge is -2.35. The molecule has 0 spiro atoms. The molecule has 1 unspecified atom stereocenters. The summed E-state index contributed by atoms with van der Waals surface area (Å²) in [5.41, 5.74) is 0. The van der Waals surface area contributed by atoms with Gasteiger partial charge in [0.25, 0.3) is 0 Å². The maximum absolute atomic E-state index is 12.5. The van der Waals surface area contributed by atoms with Crippen molar-refractivity contribution < 1.29 is 14.3 Å². The summed E-state index contributed by atoms with van der Waals surface area (Å²) in [5, 5.41) is 3.19. The highest BCUT2D eigenvalue weighted by molar-refractivity contribution is 5.85. The van der Waals surface area contributed by atoms with Crippen molar-refractivity contribution in [3.8, 4) is 0 Å². The van der Waals surface area contributed by atoms with Gasteiger partial charge in [0, 0.05) is 19.0 Å². The van der Waals surface area contributed by atoms with Gasteiger partial charge in [0.2, 0.25) is 5.91 Å². The van der Waals surface area contributed by atoms with E-state index in [9.17, 15) is 9.59 Å². The third-order valence-corrected chi connectivity index (χ3v) is 3.62. The Labute approximate surface area is 127 Å². The van der Waals surface area contributed by atoms with E-state index < -0.39 is 0 Å². The van der Waals surface area contributed by atoms with Crippen molar-refractivity contribution in [1.82, 2.24) is 10.2 Å². The van der Waals surface area contributed by atoms with Crippen molar-refractivity contribution >= 4 is 24.3 Å². The second kappa shape index (κ2) is 9.19. The molecule has 20 heavy (non-hydrogen) atoms. The van der Waals surface area contributed by atoms with E-state index in [1.807, 2.05) is 11.8 Å². The minimum Gasteiger partial charge on any atom is -0.469 e. The highest BCUT2D eigenvalue weighted by atomic mass is 35.5. The molecule has 0 aromatic carbocycles. The van der Waals surface area contributed by atoms with E-state index in [4.69, 9.17) is 0 Å². The van der Waals surface area contributed by atoms with E-state index >= 15 is 0 Å². The quantitative estimate of drug-likeness (QED) is 0.721. The van der Waals surface area contributed by atoms with Crippen LogP contribution in [-0.4, -0.2) is 50.1 Å². The summed E-state index contributed by atoms with van der Waals surface area (Å²) in [7, 11) is 1.37. The van der Waals surface area contributed by atoms with Crippen molar-refractivity contribution in [2.24, 2.45) is 17.8 Å². The molecule has 0 bridgehead atoms. The number of hydrogen-bond acceptors (Lipinski definition) is 4. The molecule has 6 heteroatoms. The van der Waals surface area contributed by atoms with Crippen LogP contribution in [0.4, 0.5) is 0 Å². The molecule has 0 saturated carbocycles. The molecular formula is C14H27ClN2O3. The minimum absolute atomic E-state index is 0. The number of nitrogens with zero attached hydrogens (tertiary/aromatic N) is 1. The molecule has 1 aliphatic heterocycles. The topological polar surface area (TPSA) is 58.6 Å². The fourth-order valence-electron chi connectivity index (χ4n) is 2.21. The van der Waals surface area contributed by atoms with Gasteiger partial charge >= 0.3 is 5.97 Å². The van der Waals surface area contributed by atoms with Gasteiger partial charge in [-0.3, -0.25) is 9.59 Å². The Balaban J connectivity index is 0.00000361. The van der Waals surface area contributed by atoms with E-state index in [0.29, 0.717) is 24.9 Å². The third kappa shape index (κ3) is 5.67. The molecule has 5 nitrogen and oxygen atoms in total. The number of halogens is 1. The van der Waals surface area contributed by atoms with Crippen LogP contribution >= 0.6 is 12.4 Å². The zero-order chi connectivity index (χ0) is 14.4. The molecule has 1 fully saturated rings. The maximum atomic E-state index is 12.5. The number of ether oxygens (including phenoxy) is 1. The van der Waals surface area contributed by atoms with Gasteiger partial charge in [-0.05, 0) is 24.9 Å². The number of rotatable bonds is 7. The number of carbonyl (C=O) groups is 2. The predicted molar refractivity (Wildman–Crippen MR) is 80.8 cm³/mol. The van der Waals surface area contributed by atoms with Crippen LogP contribution in [0.2, 0.25) is 0 Å². The van der Waals surface area contributed by atoms with E-state index in [0.717, 1.165) is 13.1 Å². The molecule has 1 aliphatic rings. The first-order chi connectivity index (χ1) is 8.95. The molecule has 0 aromatic rings. The first-order valence-corrected chi connectivity index (χ1v) is 7.02. The van der Waals surface area contributed by atoms with Crippen LogP contribution in [0, 0.1) is 17.8 Å². The molecule has 0 aromatic heterocycles. The van der Waals surface area contributed by atoms with Crippen molar-refractivity contribution in [1.29, 1.82) is 0 Å². The van der Waals surface area contributed by atoms with Gasteiger partial charge in [-0.1, -0.05) is 20.8 Å². The standard InChI is InChI=1S/C14H26N2O3.ClH/c1-10(2)9-16(6-5-13(17)19-4)14(18)11(3)12-7-15-8-12;/h10-12,15H,5-9H2,1-4H3;1H. The first-order valence-electron chi connectivity index (χ1n) is 7.02. The first kappa shape index (κ1) is 19.2. The Hall–Kier alpha value is -0.810. The number of nitrogens with one attached hydrogen (secondary N) is 1. The summed E-state index contributed by atoms with van der Waals surface area (Å²) in [6.45, 7) is 9.12. The Morgan fingerprint density at radius 1 is 1.30 bits per heavy atom. The minimum atomic E-state index is -0.264. The molecule has 1 atom stereocenters. The smallest absolute Gasteiger partial charge is 0.307 e. The van der Waals surface area contributed by atoms with E-state index in [-0.39, 0.29) is 36.6 Å². The highest BCUT2D eigenvalue weighted by Gasteiger charge is 2.31. The monoisotopic (exact) mass is 306 g/mol. The van der Waals surface area contributed by atoms with Crippen LogP contribution in [0.15, 0.2) is 0 Å². The number of amides is 1. The average molecular weight is 307 g/mol. The van der Waals surface area contributed by atoms with Crippen LogP contribution < -0.4 is 5.32 Å². The predicted octanol–water partition coefficient (Wildman–Crippen LogP) is 1.31. The van der Waals surface area contributed by atoms with Gasteiger partial charge in [0.05, 0.1) is 13.5 Å². The van der Waals surface area contributed by atoms with Crippen LogP contribution in [0.25, 0.3) is 0 Å². The normalized spacial score (nSPS) is 16.1. The lowest BCUT2D eigenvalue weighted by molar-refractivity contribution is -0.143. The van der Waals surface area contributed by atoms with Crippen molar-refractivity contribution in [2.45, 2.75) is 27.2 Å². The van der Waals surface area contributed by atoms with E-state index in [1.165, 1.54) is 7.11 Å². The summed E-state index contributed by atoms with van der Waals surface area (Å²) < 4.78 is 4.64. The molecule has 1 saturated heterocycles. The average Bonchev–Trinajstić information content (AvgIpc) is 2.30. The Morgan fingerprint density at radius 3 is 2.30 bits per heavy atom. The molecule has 1 amide bonds. The lowest BCUT2D eigenvalue weighted by Crippen LogP contribution is -2.51. The maximum Gasteiger partial charge on any atom is 0.307 e. The number of carbonyl (C=O) groups excluding carboxylic acids is 2. The SMILES string of the molecule is COC(=O)CCN(CC(C)C)C(=O)C(C)C1CNC1.Cl. The Bertz CT molecular complexity index is 320. The summed E-state index contributed by atoms with van der Waals surface area (Å²) in [6, 6.07) is 0. The second-order valence-electron chi connectivity index (χ2n) is 5.71.